The van der Waals surface area contributed by atoms with Gasteiger partial charge in [-0.2, -0.15) is 0 Å². The van der Waals surface area contributed by atoms with Crippen LogP contribution in [0.1, 0.15) is 55.5 Å². The average Bonchev–Trinajstić information content (AvgIpc) is 3.49. The van der Waals surface area contributed by atoms with Crippen LogP contribution < -0.4 is 5.32 Å². The number of aromatic nitrogens is 4. The van der Waals surface area contributed by atoms with Gasteiger partial charge in [-0.1, -0.05) is 13.8 Å². The highest BCUT2D eigenvalue weighted by atomic mass is 16.2. The average molecular weight is 366 g/mol. The Morgan fingerprint density at radius 1 is 1.19 bits per heavy atom. The van der Waals surface area contributed by atoms with E-state index in [1.54, 1.807) is 12.4 Å². The number of anilines is 1. The first-order valence-corrected chi connectivity index (χ1v) is 9.72. The summed E-state index contributed by atoms with van der Waals surface area (Å²) in [6, 6.07) is 0. The second kappa shape index (κ2) is 7.21. The fraction of sp³-hybridized carbons (Fsp3) is 0.550. The van der Waals surface area contributed by atoms with E-state index in [9.17, 15) is 4.79 Å². The van der Waals surface area contributed by atoms with Crippen LogP contribution in [0.3, 0.4) is 0 Å². The van der Waals surface area contributed by atoms with Crippen molar-refractivity contribution in [2.75, 3.05) is 18.4 Å². The molecule has 0 radical (unpaired) electrons. The number of likely N-dealkylation sites (tertiary alicyclic amines) is 1. The summed E-state index contributed by atoms with van der Waals surface area (Å²) in [5.41, 5.74) is 1.42. The fourth-order valence-corrected chi connectivity index (χ4v) is 3.80. The monoisotopic (exact) mass is 366 g/mol. The maximum atomic E-state index is 12.8. The molecule has 0 aromatic carbocycles. The molecule has 2 aliphatic rings. The van der Waals surface area contributed by atoms with E-state index in [2.05, 4.69) is 39.1 Å². The zero-order valence-electron chi connectivity index (χ0n) is 15.9. The van der Waals surface area contributed by atoms with Gasteiger partial charge in [0.05, 0.1) is 11.1 Å². The highest BCUT2D eigenvalue weighted by Gasteiger charge is 2.45. The third-order valence-corrected chi connectivity index (χ3v) is 5.80. The largest absolute Gasteiger partial charge is 0.345 e. The van der Waals surface area contributed by atoms with Crippen LogP contribution in [0.2, 0.25) is 0 Å². The molecule has 2 aromatic heterocycles. The fourth-order valence-electron chi connectivity index (χ4n) is 3.80. The molecule has 1 amide bonds. The first-order chi connectivity index (χ1) is 13.1. The minimum Gasteiger partial charge on any atom is -0.345 e. The van der Waals surface area contributed by atoms with Gasteiger partial charge in [-0.25, -0.2) is 19.9 Å². The van der Waals surface area contributed by atoms with Crippen LogP contribution in [0.5, 0.6) is 0 Å². The molecule has 0 unspecified atom stereocenters. The number of carbonyl (C=O) groups is 1. The maximum absolute atomic E-state index is 12.8. The van der Waals surface area contributed by atoms with Crippen molar-refractivity contribution in [3.05, 3.63) is 42.2 Å². The summed E-state index contributed by atoms with van der Waals surface area (Å²) in [5, 5.41) is 3.39. The quantitative estimate of drug-likeness (QED) is 0.876. The van der Waals surface area contributed by atoms with Gasteiger partial charge < -0.3 is 10.2 Å². The van der Waals surface area contributed by atoms with Crippen molar-refractivity contribution in [2.45, 2.75) is 45.1 Å². The number of amides is 1. The summed E-state index contributed by atoms with van der Waals surface area (Å²) in [4.78, 5) is 31.7. The second-order valence-electron chi connectivity index (χ2n) is 8.03. The summed E-state index contributed by atoms with van der Waals surface area (Å²) < 4.78 is 0. The van der Waals surface area contributed by atoms with Gasteiger partial charge in [0, 0.05) is 43.4 Å². The summed E-state index contributed by atoms with van der Waals surface area (Å²) in [5.74, 6) is 1.74. The Kier molecular flexibility index (Phi) is 4.76. The van der Waals surface area contributed by atoms with Crippen molar-refractivity contribution in [3.8, 4) is 0 Å². The lowest BCUT2D eigenvalue weighted by Crippen LogP contribution is -2.41. The van der Waals surface area contributed by atoms with E-state index in [1.807, 2.05) is 17.3 Å². The van der Waals surface area contributed by atoms with Gasteiger partial charge in [0.15, 0.2) is 0 Å². The molecule has 7 heteroatoms. The first kappa shape index (κ1) is 17.8. The number of hydrogen-bond acceptors (Lipinski definition) is 6. The van der Waals surface area contributed by atoms with E-state index >= 15 is 0 Å². The lowest BCUT2D eigenvalue weighted by Gasteiger charge is -2.34. The van der Waals surface area contributed by atoms with Gasteiger partial charge in [-0.15, -0.1) is 0 Å². The first-order valence-electron chi connectivity index (χ1n) is 9.72. The molecular weight excluding hydrogens is 340 g/mol. The number of carbonyl (C=O) groups excluding carboxylic acids is 1. The van der Waals surface area contributed by atoms with E-state index in [1.165, 1.54) is 12.7 Å². The summed E-state index contributed by atoms with van der Waals surface area (Å²) >= 11 is 0. The summed E-state index contributed by atoms with van der Waals surface area (Å²) in [6.07, 6.45) is 12.7. The van der Waals surface area contributed by atoms with Crippen molar-refractivity contribution in [3.63, 3.8) is 0 Å². The number of rotatable bonds is 5. The van der Waals surface area contributed by atoms with E-state index in [4.69, 9.17) is 0 Å². The van der Waals surface area contributed by atoms with Crippen LogP contribution in [0.25, 0.3) is 0 Å². The van der Waals surface area contributed by atoms with Crippen LogP contribution in [0.4, 0.5) is 5.95 Å². The molecule has 1 atom stereocenters. The Labute approximate surface area is 159 Å². The van der Waals surface area contributed by atoms with Gasteiger partial charge in [0.1, 0.15) is 6.33 Å². The highest BCUT2D eigenvalue weighted by molar-refractivity contribution is 5.93. The Balaban J connectivity index is 1.43. The number of hydrogen-bond donors (Lipinski definition) is 1. The van der Waals surface area contributed by atoms with Crippen molar-refractivity contribution in [2.24, 2.45) is 11.8 Å². The van der Waals surface area contributed by atoms with Crippen molar-refractivity contribution < 1.29 is 4.79 Å². The number of nitrogens with zero attached hydrogens (tertiary/aromatic N) is 5. The van der Waals surface area contributed by atoms with Crippen LogP contribution >= 0.6 is 0 Å². The third-order valence-electron chi connectivity index (χ3n) is 5.80. The molecule has 1 saturated heterocycles. The van der Waals surface area contributed by atoms with Crippen molar-refractivity contribution in [1.82, 2.24) is 24.8 Å². The molecule has 3 heterocycles. The van der Waals surface area contributed by atoms with Crippen LogP contribution in [-0.4, -0.2) is 43.8 Å². The van der Waals surface area contributed by atoms with E-state index in [0.29, 0.717) is 23.3 Å². The van der Waals surface area contributed by atoms with E-state index < -0.39 is 0 Å². The highest BCUT2D eigenvalue weighted by Crippen LogP contribution is 2.47. The standard InChI is InChI=1S/C20H26N6O/c1-14(2)15-4-3-7-26(12-15)18(27)16-8-23-19(24-9-16)25-20(5-6-20)17-10-21-13-22-11-17/h8-11,13-15H,3-7,12H2,1-2H3,(H,23,24,25)/t15-/m0/s1. The van der Waals surface area contributed by atoms with Gasteiger partial charge in [-0.05, 0) is 37.5 Å². The Morgan fingerprint density at radius 3 is 2.52 bits per heavy atom. The van der Waals surface area contributed by atoms with Crippen molar-refractivity contribution >= 4 is 11.9 Å². The topological polar surface area (TPSA) is 83.9 Å². The smallest absolute Gasteiger partial charge is 0.257 e. The van der Waals surface area contributed by atoms with Gasteiger partial charge in [-0.3, -0.25) is 4.79 Å². The predicted molar refractivity (Wildman–Crippen MR) is 102 cm³/mol. The normalized spacial score (nSPS) is 21.1. The molecule has 2 fully saturated rings. The van der Waals surface area contributed by atoms with Crippen LogP contribution in [0.15, 0.2) is 31.1 Å². The molecule has 142 valence electrons. The Bertz CT molecular complexity index is 788. The molecule has 1 aliphatic heterocycles. The molecule has 0 spiro atoms. The molecule has 1 aliphatic carbocycles. The summed E-state index contributed by atoms with van der Waals surface area (Å²) in [6.45, 7) is 6.11. The molecule has 1 saturated carbocycles. The number of piperidine rings is 1. The van der Waals surface area contributed by atoms with Crippen LogP contribution in [0, 0.1) is 11.8 Å². The minimum atomic E-state index is -0.176. The lowest BCUT2D eigenvalue weighted by atomic mass is 9.88. The number of nitrogens with one attached hydrogen (secondary N) is 1. The van der Waals surface area contributed by atoms with Gasteiger partial charge in [0.2, 0.25) is 5.95 Å². The predicted octanol–water partition coefficient (Wildman–Crippen LogP) is 2.88. The lowest BCUT2D eigenvalue weighted by molar-refractivity contribution is 0.0641. The third kappa shape index (κ3) is 3.77. The Morgan fingerprint density at radius 2 is 1.89 bits per heavy atom. The molecule has 2 aromatic rings. The SMILES string of the molecule is CC(C)[C@H]1CCCN(C(=O)c2cnc(NC3(c4cncnc4)CC3)nc2)C1. The van der Waals surface area contributed by atoms with E-state index in [-0.39, 0.29) is 11.4 Å². The zero-order chi connectivity index (χ0) is 18.9. The molecule has 0 bridgehead atoms. The molecule has 4 rings (SSSR count). The Hall–Kier alpha value is -2.57. The van der Waals surface area contributed by atoms with Gasteiger partial charge in [0.25, 0.3) is 5.91 Å². The summed E-state index contributed by atoms with van der Waals surface area (Å²) in [7, 11) is 0. The van der Waals surface area contributed by atoms with E-state index in [0.717, 1.165) is 37.9 Å². The van der Waals surface area contributed by atoms with Gasteiger partial charge >= 0.3 is 0 Å². The maximum Gasteiger partial charge on any atom is 0.257 e. The molecule has 27 heavy (non-hydrogen) atoms. The second-order valence-corrected chi connectivity index (χ2v) is 8.03. The van der Waals surface area contributed by atoms with Crippen molar-refractivity contribution in [1.29, 1.82) is 0 Å². The molecule has 1 N–H and O–H groups in total. The minimum absolute atomic E-state index is 0.0319. The zero-order valence-corrected chi connectivity index (χ0v) is 15.9. The molecule has 7 nitrogen and oxygen atoms in total. The van der Waals surface area contributed by atoms with Crippen LogP contribution in [-0.2, 0) is 5.54 Å². The molecular formula is C20H26N6O.